The van der Waals surface area contributed by atoms with Gasteiger partial charge in [-0.1, -0.05) is 164 Å². The third kappa shape index (κ3) is 6.94. The number of hydrogen-bond acceptors (Lipinski definition) is 5. The number of halogens is 1. The van der Waals surface area contributed by atoms with Gasteiger partial charge in [0.05, 0.1) is 17.7 Å². The van der Waals surface area contributed by atoms with Crippen molar-refractivity contribution in [1.82, 2.24) is 30.2 Å². The molecule has 9 heteroatoms. The van der Waals surface area contributed by atoms with E-state index < -0.39 is 5.41 Å². The van der Waals surface area contributed by atoms with E-state index in [0.717, 1.165) is 40.9 Å². The summed E-state index contributed by atoms with van der Waals surface area (Å²) in [7, 11) is 0. The maximum absolute atomic E-state index is 10.7. The third-order valence-corrected chi connectivity index (χ3v) is 9.70. The zero-order chi connectivity index (χ0) is 33.6. The molecule has 0 fully saturated rings. The van der Waals surface area contributed by atoms with Gasteiger partial charge < -0.3 is 14.8 Å². The summed E-state index contributed by atoms with van der Waals surface area (Å²) in [5, 5.41) is 26.5. The molecular formula is C41H36ClKN6O. The van der Waals surface area contributed by atoms with Crippen LogP contribution in [0.5, 0.6) is 0 Å². The van der Waals surface area contributed by atoms with Crippen LogP contribution in [0.3, 0.4) is 0 Å². The molecule has 0 saturated heterocycles. The number of rotatable bonds is 12. The second kappa shape index (κ2) is 16.5. The van der Waals surface area contributed by atoms with Crippen LogP contribution in [0.4, 0.5) is 0 Å². The summed E-state index contributed by atoms with van der Waals surface area (Å²) < 4.78 is 2.13. The van der Waals surface area contributed by atoms with Gasteiger partial charge in [0.15, 0.2) is 5.15 Å². The molecule has 7 rings (SSSR count). The molecule has 0 aliphatic carbocycles. The molecule has 1 unspecified atom stereocenters. The van der Waals surface area contributed by atoms with E-state index in [9.17, 15) is 5.11 Å². The van der Waals surface area contributed by atoms with Crippen molar-refractivity contribution in [1.29, 1.82) is 0 Å². The Morgan fingerprint density at radius 1 is 0.740 bits per heavy atom. The molecule has 0 aliphatic heterocycles. The van der Waals surface area contributed by atoms with Crippen LogP contribution in [0.2, 0.25) is 5.15 Å². The number of benzene rings is 5. The summed E-state index contributed by atoms with van der Waals surface area (Å²) in [6.07, 6.45) is 1.75. The fourth-order valence-electron chi connectivity index (χ4n) is 7.26. The first-order valence-corrected chi connectivity index (χ1v) is 16.9. The van der Waals surface area contributed by atoms with E-state index in [2.05, 4.69) is 147 Å². The van der Waals surface area contributed by atoms with Gasteiger partial charge in [-0.2, -0.15) is 5.21 Å². The molecule has 1 atom stereocenters. The Bertz CT molecular complexity index is 2010. The largest absolute Gasteiger partial charge is 1.00 e. The van der Waals surface area contributed by atoms with Gasteiger partial charge in [-0.05, 0) is 45.4 Å². The minimum Gasteiger partial charge on any atom is -0.390 e. The molecular weight excluding hydrogens is 667 g/mol. The fraction of sp³-hybridized carbons (Fsp3) is 0.171. The van der Waals surface area contributed by atoms with Crippen LogP contribution in [0, 0.1) is 0 Å². The molecule has 50 heavy (non-hydrogen) atoms. The van der Waals surface area contributed by atoms with Crippen molar-refractivity contribution in [3.63, 3.8) is 0 Å². The van der Waals surface area contributed by atoms with Gasteiger partial charge in [-0.3, -0.25) is 10.3 Å². The van der Waals surface area contributed by atoms with E-state index in [4.69, 9.17) is 16.6 Å². The predicted molar refractivity (Wildman–Crippen MR) is 193 cm³/mol. The molecule has 2 heterocycles. The van der Waals surface area contributed by atoms with Crippen LogP contribution in [-0.2, 0) is 18.6 Å². The SMILES string of the molecule is CCCC(c1nc(Cl)c(CO)n1Cc1ccc(-c2ccccc2-c2nnn[n-]2)cc1)C(c1ccccc1)(c1ccccc1)c1ccccc1.[K+]. The second-order valence-corrected chi connectivity index (χ2v) is 12.5. The summed E-state index contributed by atoms with van der Waals surface area (Å²) in [5.41, 5.74) is 7.45. The first-order valence-electron chi connectivity index (χ1n) is 16.5. The van der Waals surface area contributed by atoms with Gasteiger partial charge in [-0.15, -0.1) is 0 Å². The monoisotopic (exact) mass is 702 g/mol. The van der Waals surface area contributed by atoms with Gasteiger partial charge in [0.1, 0.15) is 5.82 Å². The minimum absolute atomic E-state index is 0. The first kappa shape index (κ1) is 36.1. The molecule has 2 aromatic heterocycles. The number of imidazole rings is 1. The second-order valence-electron chi connectivity index (χ2n) is 12.1. The number of hydrogen-bond donors (Lipinski definition) is 1. The maximum Gasteiger partial charge on any atom is 1.00 e. The van der Waals surface area contributed by atoms with Crippen LogP contribution in [0.1, 0.15) is 59.5 Å². The maximum atomic E-state index is 10.7. The van der Waals surface area contributed by atoms with E-state index in [0.29, 0.717) is 23.2 Å². The Morgan fingerprint density at radius 2 is 1.28 bits per heavy atom. The fourth-order valence-corrected chi connectivity index (χ4v) is 7.51. The number of aromatic nitrogens is 6. The Balaban J connectivity index is 0.00000432. The molecule has 0 spiro atoms. The van der Waals surface area contributed by atoms with Crippen molar-refractivity contribution in [2.24, 2.45) is 0 Å². The summed E-state index contributed by atoms with van der Waals surface area (Å²) >= 11 is 6.91. The summed E-state index contributed by atoms with van der Waals surface area (Å²) in [5.74, 6) is 1.21. The van der Waals surface area contributed by atoms with Crippen molar-refractivity contribution in [2.45, 2.75) is 44.2 Å². The Morgan fingerprint density at radius 3 is 1.78 bits per heavy atom. The van der Waals surface area contributed by atoms with E-state index in [1.165, 1.54) is 16.7 Å². The Hall–Kier alpha value is -3.73. The normalized spacial score (nSPS) is 12.0. The number of aliphatic hydroxyl groups is 1. The molecule has 0 amide bonds. The van der Waals surface area contributed by atoms with Crippen LogP contribution in [0.15, 0.2) is 140 Å². The average Bonchev–Trinajstić information content (AvgIpc) is 3.81. The van der Waals surface area contributed by atoms with E-state index >= 15 is 0 Å². The molecule has 0 radical (unpaired) electrons. The van der Waals surface area contributed by atoms with E-state index in [-0.39, 0.29) is 63.9 Å². The first-order chi connectivity index (χ1) is 24.1. The van der Waals surface area contributed by atoms with Gasteiger partial charge in [0.2, 0.25) is 0 Å². The molecule has 5 aromatic carbocycles. The quantitative estimate of drug-likeness (QED) is 0.134. The number of tetrazole rings is 1. The molecule has 7 nitrogen and oxygen atoms in total. The molecule has 0 saturated carbocycles. The van der Waals surface area contributed by atoms with E-state index in [1.807, 2.05) is 24.3 Å². The van der Waals surface area contributed by atoms with Crippen molar-refractivity contribution in [3.8, 4) is 22.5 Å². The van der Waals surface area contributed by atoms with Gasteiger partial charge in [0, 0.05) is 18.3 Å². The van der Waals surface area contributed by atoms with Gasteiger partial charge in [0.25, 0.3) is 0 Å². The standard InChI is InChI=1S/C41H36ClN6O.K/c1-2-14-36(41(31-15-6-3-7-16-31,32-17-8-4-9-18-32)33-19-10-5-11-20-33)40-43-38(42)37(28-49)48(40)27-29-23-25-30(26-24-29)34-21-12-13-22-35(34)39-44-46-47-45-39;/h3-13,15-26,36,49H,2,14,27-28H2,1H3;/q-1;+1. The zero-order valence-electron chi connectivity index (χ0n) is 28.2. The van der Waals surface area contributed by atoms with Crippen molar-refractivity contribution in [2.75, 3.05) is 0 Å². The van der Waals surface area contributed by atoms with E-state index in [1.54, 1.807) is 0 Å². The molecule has 244 valence electrons. The van der Waals surface area contributed by atoms with Crippen LogP contribution in [0.25, 0.3) is 22.5 Å². The molecule has 0 bridgehead atoms. The number of nitrogens with zero attached hydrogens (tertiary/aromatic N) is 6. The van der Waals surface area contributed by atoms with Crippen LogP contribution < -0.4 is 56.5 Å². The summed E-state index contributed by atoms with van der Waals surface area (Å²) in [4.78, 5) is 5.09. The predicted octanol–water partition coefficient (Wildman–Crippen LogP) is 5.48. The number of aliphatic hydroxyl groups excluding tert-OH is 1. The average molecular weight is 703 g/mol. The summed E-state index contributed by atoms with van der Waals surface area (Å²) in [6, 6.07) is 48.5. The Kier molecular flexibility index (Phi) is 11.9. The van der Waals surface area contributed by atoms with Crippen molar-refractivity contribution < 1.29 is 56.5 Å². The van der Waals surface area contributed by atoms with Crippen LogP contribution in [-0.4, -0.2) is 30.2 Å². The van der Waals surface area contributed by atoms with Crippen molar-refractivity contribution in [3.05, 3.63) is 178 Å². The Labute approximate surface area is 340 Å². The topological polar surface area (TPSA) is 90.8 Å². The van der Waals surface area contributed by atoms with Crippen LogP contribution >= 0.6 is 11.6 Å². The zero-order valence-corrected chi connectivity index (χ0v) is 32.1. The third-order valence-electron chi connectivity index (χ3n) is 9.39. The van der Waals surface area contributed by atoms with Gasteiger partial charge >= 0.3 is 51.4 Å². The molecule has 7 aromatic rings. The van der Waals surface area contributed by atoms with Crippen molar-refractivity contribution >= 4 is 11.6 Å². The molecule has 1 N–H and O–H groups in total. The van der Waals surface area contributed by atoms with Gasteiger partial charge in [-0.25, -0.2) is 4.98 Å². The molecule has 0 aliphatic rings. The minimum atomic E-state index is -0.598. The smallest absolute Gasteiger partial charge is 0.390 e. The summed E-state index contributed by atoms with van der Waals surface area (Å²) in [6.45, 7) is 2.47.